The molecule has 1 aliphatic rings. The van der Waals surface area contributed by atoms with Crippen LogP contribution in [0.5, 0.6) is 0 Å². The Kier molecular flexibility index (Phi) is 4.90. The first kappa shape index (κ1) is 15.4. The minimum Gasteiger partial charge on any atom is -0.481 e. The highest BCUT2D eigenvalue weighted by Gasteiger charge is 2.23. The Balaban J connectivity index is 1.95. The molecule has 1 fully saturated rings. The van der Waals surface area contributed by atoms with Crippen LogP contribution in [0.25, 0.3) is 0 Å². The molecule has 6 heteroatoms. The van der Waals surface area contributed by atoms with Crippen molar-refractivity contribution in [3.8, 4) is 0 Å². The second-order valence-corrected chi connectivity index (χ2v) is 5.49. The van der Waals surface area contributed by atoms with Crippen LogP contribution < -0.4 is 5.73 Å². The normalized spacial score (nSPS) is 18.8. The first-order valence-corrected chi connectivity index (χ1v) is 6.98. The summed E-state index contributed by atoms with van der Waals surface area (Å²) < 4.78 is 13.8. The molecule has 2 rings (SSSR count). The Morgan fingerprint density at radius 1 is 1.43 bits per heavy atom. The summed E-state index contributed by atoms with van der Waals surface area (Å²) in [4.78, 5) is 23.8. The zero-order valence-electron chi connectivity index (χ0n) is 11.7. The highest BCUT2D eigenvalue weighted by molar-refractivity contribution is 5.92. The van der Waals surface area contributed by atoms with Crippen molar-refractivity contribution < 1.29 is 19.1 Å². The molecule has 1 heterocycles. The van der Waals surface area contributed by atoms with Gasteiger partial charge in [-0.25, -0.2) is 4.39 Å². The molecule has 5 nitrogen and oxygen atoms in total. The van der Waals surface area contributed by atoms with E-state index in [9.17, 15) is 14.0 Å². The molecule has 0 aromatic heterocycles. The number of rotatable bonds is 6. The zero-order chi connectivity index (χ0) is 15.4. The van der Waals surface area contributed by atoms with Gasteiger partial charge < -0.3 is 10.8 Å². The second kappa shape index (κ2) is 6.67. The van der Waals surface area contributed by atoms with Crippen molar-refractivity contribution in [2.24, 2.45) is 11.7 Å². The largest absolute Gasteiger partial charge is 0.481 e. The Morgan fingerprint density at radius 2 is 2.19 bits per heavy atom. The van der Waals surface area contributed by atoms with Gasteiger partial charge in [-0.05, 0) is 43.5 Å². The van der Waals surface area contributed by atoms with E-state index in [1.54, 1.807) is 0 Å². The first-order chi connectivity index (χ1) is 9.95. The van der Waals surface area contributed by atoms with E-state index in [4.69, 9.17) is 10.8 Å². The minimum atomic E-state index is -0.784. The van der Waals surface area contributed by atoms with E-state index in [1.165, 1.54) is 18.2 Å². The number of halogens is 1. The third kappa shape index (κ3) is 4.26. The summed E-state index contributed by atoms with van der Waals surface area (Å²) >= 11 is 0. The molecule has 0 radical (unpaired) electrons. The fourth-order valence-corrected chi connectivity index (χ4v) is 2.71. The highest BCUT2D eigenvalue weighted by Crippen LogP contribution is 2.23. The van der Waals surface area contributed by atoms with Crippen molar-refractivity contribution in [1.82, 2.24) is 4.90 Å². The van der Waals surface area contributed by atoms with E-state index < -0.39 is 11.9 Å². The van der Waals surface area contributed by atoms with Crippen LogP contribution in [0.2, 0.25) is 0 Å². The Hall–Kier alpha value is -1.95. The predicted molar refractivity (Wildman–Crippen MR) is 75.2 cm³/mol. The van der Waals surface area contributed by atoms with Crippen LogP contribution in [0.15, 0.2) is 18.2 Å². The van der Waals surface area contributed by atoms with Crippen LogP contribution in [0.4, 0.5) is 4.39 Å². The van der Waals surface area contributed by atoms with Crippen molar-refractivity contribution in [3.63, 3.8) is 0 Å². The van der Waals surface area contributed by atoms with Crippen LogP contribution in [-0.2, 0) is 11.3 Å². The van der Waals surface area contributed by atoms with Crippen molar-refractivity contribution in [1.29, 1.82) is 0 Å². The number of nitrogens with zero attached hydrogens (tertiary/aromatic N) is 1. The number of carboxylic acids is 1. The van der Waals surface area contributed by atoms with Gasteiger partial charge in [0.1, 0.15) is 5.82 Å². The average Bonchev–Trinajstić information content (AvgIpc) is 2.86. The lowest BCUT2D eigenvalue weighted by molar-refractivity contribution is -0.137. The van der Waals surface area contributed by atoms with Gasteiger partial charge in [-0.15, -0.1) is 0 Å². The van der Waals surface area contributed by atoms with E-state index in [0.717, 1.165) is 19.5 Å². The van der Waals surface area contributed by atoms with Gasteiger partial charge in [-0.2, -0.15) is 0 Å². The fourth-order valence-electron chi connectivity index (χ4n) is 2.71. The molecule has 3 N–H and O–H groups in total. The Labute approximate surface area is 122 Å². The third-order valence-electron chi connectivity index (χ3n) is 3.86. The highest BCUT2D eigenvalue weighted by atomic mass is 19.1. The minimum absolute atomic E-state index is 0.171. The lowest BCUT2D eigenvalue weighted by Crippen LogP contribution is -2.21. The summed E-state index contributed by atoms with van der Waals surface area (Å²) in [6.07, 6.45) is 1.74. The molecule has 21 heavy (non-hydrogen) atoms. The summed E-state index contributed by atoms with van der Waals surface area (Å²) in [6.45, 7) is 1.98. The average molecular weight is 294 g/mol. The number of benzene rings is 1. The molecule has 1 saturated heterocycles. The summed E-state index contributed by atoms with van der Waals surface area (Å²) in [6, 6.07) is 4.12. The molecular formula is C15H19FN2O3. The number of carboxylic acid groups (broad SMARTS) is 1. The molecule has 1 aromatic carbocycles. The van der Waals surface area contributed by atoms with E-state index in [-0.39, 0.29) is 12.2 Å². The molecule has 1 amide bonds. The summed E-state index contributed by atoms with van der Waals surface area (Å²) in [5, 5.41) is 8.69. The van der Waals surface area contributed by atoms with Gasteiger partial charge in [0.15, 0.2) is 0 Å². The lowest BCUT2D eigenvalue weighted by atomic mass is 10.0. The molecule has 0 spiro atoms. The third-order valence-corrected chi connectivity index (χ3v) is 3.86. The molecule has 0 saturated carbocycles. The van der Waals surface area contributed by atoms with Gasteiger partial charge >= 0.3 is 5.97 Å². The first-order valence-electron chi connectivity index (χ1n) is 6.98. The number of aliphatic carboxylic acids is 1. The van der Waals surface area contributed by atoms with Crippen LogP contribution in [0.3, 0.4) is 0 Å². The predicted octanol–water partition coefficient (Wildman–Crippen LogP) is 1.61. The van der Waals surface area contributed by atoms with E-state index >= 15 is 0 Å². The van der Waals surface area contributed by atoms with Gasteiger partial charge in [0.05, 0.1) is 0 Å². The zero-order valence-corrected chi connectivity index (χ0v) is 11.7. The van der Waals surface area contributed by atoms with Crippen molar-refractivity contribution in [2.75, 3.05) is 13.1 Å². The Bertz CT molecular complexity index is 548. The smallest absolute Gasteiger partial charge is 0.303 e. The maximum atomic E-state index is 13.8. The summed E-state index contributed by atoms with van der Waals surface area (Å²) in [5.74, 6) is -1.37. The maximum absolute atomic E-state index is 13.8. The van der Waals surface area contributed by atoms with Gasteiger partial charge in [-0.3, -0.25) is 14.5 Å². The van der Waals surface area contributed by atoms with E-state index in [1.807, 2.05) is 0 Å². The number of hydrogen-bond donors (Lipinski definition) is 2. The summed E-state index contributed by atoms with van der Waals surface area (Å²) in [7, 11) is 0. The number of likely N-dealkylation sites (tertiary alicyclic amines) is 1. The topological polar surface area (TPSA) is 83.6 Å². The van der Waals surface area contributed by atoms with E-state index in [2.05, 4.69) is 4.90 Å². The van der Waals surface area contributed by atoms with Gasteiger partial charge in [-0.1, -0.05) is 0 Å². The van der Waals surface area contributed by atoms with Gasteiger partial charge in [0.25, 0.3) is 0 Å². The number of hydrogen-bond acceptors (Lipinski definition) is 3. The van der Waals surface area contributed by atoms with Gasteiger partial charge in [0.2, 0.25) is 5.91 Å². The van der Waals surface area contributed by atoms with Crippen molar-refractivity contribution >= 4 is 11.9 Å². The molecule has 1 atom stereocenters. The summed E-state index contributed by atoms with van der Waals surface area (Å²) in [5.41, 5.74) is 5.95. The number of carbonyl (C=O) groups is 2. The Morgan fingerprint density at radius 3 is 2.86 bits per heavy atom. The maximum Gasteiger partial charge on any atom is 0.303 e. The number of nitrogens with two attached hydrogens (primary N) is 1. The molecule has 114 valence electrons. The number of carbonyl (C=O) groups excluding carboxylic acids is 1. The molecule has 1 aromatic rings. The molecule has 0 bridgehead atoms. The monoisotopic (exact) mass is 294 g/mol. The molecule has 1 unspecified atom stereocenters. The fraction of sp³-hybridized carbons (Fsp3) is 0.467. The van der Waals surface area contributed by atoms with Crippen molar-refractivity contribution in [2.45, 2.75) is 25.8 Å². The molecule has 0 aliphatic carbocycles. The van der Waals surface area contributed by atoms with Crippen LogP contribution >= 0.6 is 0 Å². The van der Waals surface area contributed by atoms with Gasteiger partial charge in [0, 0.05) is 30.6 Å². The second-order valence-electron chi connectivity index (χ2n) is 5.49. The van der Waals surface area contributed by atoms with Crippen LogP contribution in [-0.4, -0.2) is 35.0 Å². The number of primary amides is 1. The lowest BCUT2D eigenvalue weighted by Gasteiger charge is -2.16. The molecule has 1 aliphatic heterocycles. The standard InChI is InChI=1S/C15H19FN2O3/c16-13-3-2-11(15(17)21)7-12(13)9-18-6-5-10(8-18)1-4-14(19)20/h2-3,7,10H,1,4-6,8-9H2,(H2,17,21)(H,19,20). The van der Waals surface area contributed by atoms with Crippen LogP contribution in [0, 0.1) is 11.7 Å². The quantitative estimate of drug-likeness (QED) is 0.835. The molecular weight excluding hydrogens is 275 g/mol. The van der Waals surface area contributed by atoms with E-state index in [0.29, 0.717) is 30.0 Å². The number of amides is 1. The van der Waals surface area contributed by atoms with Crippen molar-refractivity contribution in [3.05, 3.63) is 35.1 Å². The van der Waals surface area contributed by atoms with Crippen LogP contribution in [0.1, 0.15) is 35.2 Å². The SMILES string of the molecule is NC(=O)c1ccc(F)c(CN2CCC(CCC(=O)O)C2)c1.